The number of aliphatic imine (C=N–C) groups is 1. The van der Waals surface area contributed by atoms with Crippen LogP contribution in [-0.2, 0) is 4.79 Å². The van der Waals surface area contributed by atoms with Crippen LogP contribution in [0.25, 0.3) is 0 Å². The van der Waals surface area contributed by atoms with E-state index in [4.69, 9.17) is 10.5 Å². The zero-order chi connectivity index (χ0) is 17.7. The second-order valence-electron chi connectivity index (χ2n) is 5.72. The monoisotopic (exact) mass is 396 g/mol. The van der Waals surface area contributed by atoms with Gasteiger partial charge in [-0.1, -0.05) is 0 Å². The van der Waals surface area contributed by atoms with Gasteiger partial charge in [0.1, 0.15) is 0 Å². The number of ether oxygens (including phenoxy) is 1. The average Bonchev–Trinajstić information content (AvgIpc) is 2.91. The zero-order valence-electron chi connectivity index (χ0n) is 13.9. The van der Waals surface area contributed by atoms with Crippen molar-refractivity contribution in [3.8, 4) is 5.88 Å². The second-order valence-corrected chi connectivity index (χ2v) is 6.58. The standard InChI is InChI=1S/C15H21BrN6O2/c1-9(20-8-15(2)4-5-18-13(15)23)11(6-17)21-14-19-7-10(16)12(22-14)24-3/h6-7H,4-5,8,17H2,1-3H3,(H,18,23)(H,19,21,22)/b11-6+,20-9-/t15-/m1/s1. The molecule has 0 radical (unpaired) electrons. The van der Waals surface area contributed by atoms with E-state index in [1.54, 1.807) is 6.20 Å². The van der Waals surface area contributed by atoms with Crippen LogP contribution in [0.1, 0.15) is 20.3 Å². The Hall–Kier alpha value is -2.16. The van der Waals surface area contributed by atoms with E-state index in [-0.39, 0.29) is 5.91 Å². The topological polar surface area (TPSA) is 115 Å². The smallest absolute Gasteiger partial charge is 0.232 e. The number of hydrogen-bond donors (Lipinski definition) is 3. The van der Waals surface area contributed by atoms with E-state index in [1.165, 1.54) is 13.3 Å². The van der Waals surface area contributed by atoms with Crippen LogP contribution in [0.4, 0.5) is 5.95 Å². The SMILES string of the molecule is COc1nc(NC(=C/N)/C(C)=N\C[C@@]2(C)CCNC2=O)ncc1Br. The molecule has 9 heteroatoms. The van der Waals surface area contributed by atoms with Gasteiger partial charge in [0.15, 0.2) is 0 Å². The molecule has 0 saturated carbocycles. The molecule has 1 fully saturated rings. The number of anilines is 1. The number of amides is 1. The average molecular weight is 397 g/mol. The van der Waals surface area contributed by atoms with Gasteiger partial charge in [-0.3, -0.25) is 9.79 Å². The molecule has 2 rings (SSSR count). The fourth-order valence-corrected chi connectivity index (χ4v) is 2.59. The molecule has 0 spiro atoms. The molecular formula is C15H21BrN6O2. The summed E-state index contributed by atoms with van der Waals surface area (Å²) in [6, 6.07) is 0. The first-order chi connectivity index (χ1) is 11.4. The summed E-state index contributed by atoms with van der Waals surface area (Å²) < 4.78 is 5.79. The molecule has 0 bridgehead atoms. The molecule has 1 amide bonds. The van der Waals surface area contributed by atoms with E-state index in [0.29, 0.717) is 40.8 Å². The summed E-state index contributed by atoms with van der Waals surface area (Å²) in [5.41, 5.74) is 6.45. The number of hydrogen-bond acceptors (Lipinski definition) is 7. The first-order valence-corrected chi connectivity index (χ1v) is 8.24. The normalized spacial score (nSPS) is 21.6. The minimum Gasteiger partial charge on any atom is -0.480 e. The molecule has 2 heterocycles. The Balaban J connectivity index is 2.10. The molecule has 130 valence electrons. The Labute approximate surface area is 149 Å². The molecule has 8 nitrogen and oxygen atoms in total. The number of rotatable bonds is 6. The van der Waals surface area contributed by atoms with Gasteiger partial charge >= 0.3 is 0 Å². The quantitative estimate of drug-likeness (QED) is 0.626. The number of carbonyl (C=O) groups excluding carboxylic acids is 1. The van der Waals surface area contributed by atoms with E-state index in [2.05, 4.69) is 41.5 Å². The molecule has 1 aromatic rings. The number of methoxy groups -OCH3 is 1. The highest BCUT2D eigenvalue weighted by Crippen LogP contribution is 2.26. The molecule has 1 atom stereocenters. The third-order valence-electron chi connectivity index (χ3n) is 3.88. The number of carbonyl (C=O) groups is 1. The van der Waals surface area contributed by atoms with E-state index in [1.807, 2.05) is 13.8 Å². The molecule has 0 unspecified atom stereocenters. The minimum atomic E-state index is -0.474. The largest absolute Gasteiger partial charge is 0.480 e. The maximum absolute atomic E-state index is 11.9. The van der Waals surface area contributed by atoms with Gasteiger partial charge in [-0.25, -0.2) is 4.98 Å². The van der Waals surface area contributed by atoms with Crippen molar-refractivity contribution >= 4 is 33.5 Å². The third kappa shape index (κ3) is 4.02. The molecule has 0 aromatic carbocycles. The van der Waals surface area contributed by atoms with Gasteiger partial charge in [0.05, 0.1) is 41.1 Å². The molecule has 1 saturated heterocycles. The number of nitrogens with two attached hydrogens (primary N) is 1. The van der Waals surface area contributed by atoms with Crippen molar-refractivity contribution in [2.24, 2.45) is 16.1 Å². The molecular weight excluding hydrogens is 376 g/mol. The number of allylic oxidation sites excluding steroid dienone is 1. The lowest BCUT2D eigenvalue weighted by atomic mass is 9.89. The first kappa shape index (κ1) is 18.2. The molecule has 0 aliphatic carbocycles. The molecule has 1 aromatic heterocycles. The van der Waals surface area contributed by atoms with Crippen molar-refractivity contribution in [1.82, 2.24) is 15.3 Å². The summed E-state index contributed by atoms with van der Waals surface area (Å²) in [5.74, 6) is 0.783. The van der Waals surface area contributed by atoms with Crippen molar-refractivity contribution in [3.63, 3.8) is 0 Å². The lowest BCUT2D eigenvalue weighted by Crippen LogP contribution is -2.31. The van der Waals surface area contributed by atoms with Gasteiger partial charge in [0.25, 0.3) is 0 Å². The van der Waals surface area contributed by atoms with Crippen molar-refractivity contribution in [1.29, 1.82) is 0 Å². The Morgan fingerprint density at radius 1 is 1.67 bits per heavy atom. The predicted molar refractivity (Wildman–Crippen MR) is 95.9 cm³/mol. The predicted octanol–water partition coefficient (Wildman–Crippen LogP) is 1.45. The number of aromatic nitrogens is 2. The highest BCUT2D eigenvalue weighted by molar-refractivity contribution is 9.10. The van der Waals surface area contributed by atoms with Crippen LogP contribution in [0, 0.1) is 5.41 Å². The third-order valence-corrected chi connectivity index (χ3v) is 4.43. The van der Waals surface area contributed by atoms with Gasteiger partial charge in [0, 0.05) is 12.7 Å². The second kappa shape index (κ2) is 7.61. The lowest BCUT2D eigenvalue weighted by molar-refractivity contribution is -0.126. The van der Waals surface area contributed by atoms with Crippen molar-refractivity contribution in [2.75, 3.05) is 25.5 Å². The van der Waals surface area contributed by atoms with Gasteiger partial charge in [-0.15, -0.1) is 0 Å². The van der Waals surface area contributed by atoms with Crippen LogP contribution in [0.5, 0.6) is 5.88 Å². The molecule has 1 aliphatic rings. The van der Waals surface area contributed by atoms with Crippen LogP contribution in [-0.4, -0.2) is 41.8 Å². The Morgan fingerprint density at radius 2 is 2.42 bits per heavy atom. The summed E-state index contributed by atoms with van der Waals surface area (Å²) in [6.07, 6.45) is 3.75. The van der Waals surface area contributed by atoms with Crippen LogP contribution in [0.2, 0.25) is 0 Å². The van der Waals surface area contributed by atoms with E-state index in [9.17, 15) is 4.79 Å². The van der Waals surface area contributed by atoms with E-state index < -0.39 is 5.41 Å². The van der Waals surface area contributed by atoms with Gasteiger partial charge < -0.3 is 21.1 Å². The van der Waals surface area contributed by atoms with Crippen molar-refractivity contribution < 1.29 is 9.53 Å². The van der Waals surface area contributed by atoms with Crippen LogP contribution in [0.3, 0.4) is 0 Å². The number of nitrogens with zero attached hydrogens (tertiary/aromatic N) is 3. The van der Waals surface area contributed by atoms with Crippen LogP contribution >= 0.6 is 15.9 Å². The first-order valence-electron chi connectivity index (χ1n) is 7.45. The number of nitrogens with one attached hydrogen (secondary N) is 2. The maximum atomic E-state index is 11.9. The van der Waals surface area contributed by atoms with Crippen LogP contribution < -0.4 is 21.1 Å². The molecule has 1 aliphatic heterocycles. The van der Waals surface area contributed by atoms with Gasteiger partial charge in [-0.05, 0) is 36.2 Å². The minimum absolute atomic E-state index is 0.0336. The highest BCUT2D eigenvalue weighted by Gasteiger charge is 2.37. The van der Waals surface area contributed by atoms with Gasteiger partial charge in [0.2, 0.25) is 17.7 Å². The summed E-state index contributed by atoms with van der Waals surface area (Å²) in [7, 11) is 1.52. The maximum Gasteiger partial charge on any atom is 0.232 e. The molecule has 4 N–H and O–H groups in total. The van der Waals surface area contributed by atoms with Crippen LogP contribution in [0.15, 0.2) is 27.6 Å². The van der Waals surface area contributed by atoms with E-state index >= 15 is 0 Å². The van der Waals surface area contributed by atoms with E-state index in [0.717, 1.165) is 6.42 Å². The summed E-state index contributed by atoms with van der Waals surface area (Å²) >= 11 is 3.30. The van der Waals surface area contributed by atoms with Crippen molar-refractivity contribution in [2.45, 2.75) is 20.3 Å². The number of halogens is 1. The highest BCUT2D eigenvalue weighted by atomic mass is 79.9. The fourth-order valence-electron chi connectivity index (χ4n) is 2.24. The molecule has 24 heavy (non-hydrogen) atoms. The summed E-state index contributed by atoms with van der Waals surface area (Å²) in [4.78, 5) is 24.7. The summed E-state index contributed by atoms with van der Waals surface area (Å²) in [6.45, 7) is 4.81. The Kier molecular flexibility index (Phi) is 5.76. The van der Waals surface area contributed by atoms with Gasteiger partial charge in [-0.2, -0.15) is 4.98 Å². The Bertz CT molecular complexity index is 691. The zero-order valence-corrected chi connectivity index (χ0v) is 15.5. The summed E-state index contributed by atoms with van der Waals surface area (Å²) in [5, 5.41) is 5.84. The van der Waals surface area contributed by atoms with Crippen molar-refractivity contribution in [3.05, 3.63) is 22.6 Å². The fraction of sp³-hybridized carbons (Fsp3) is 0.467. The Morgan fingerprint density at radius 3 is 3.00 bits per heavy atom. The lowest BCUT2D eigenvalue weighted by Gasteiger charge is -2.18.